The summed E-state index contributed by atoms with van der Waals surface area (Å²) >= 11 is 0. The van der Waals surface area contributed by atoms with Crippen molar-refractivity contribution < 1.29 is 23.5 Å². The van der Waals surface area contributed by atoms with Crippen LogP contribution in [0.15, 0.2) is 0 Å². The molecule has 22 heavy (non-hydrogen) atoms. The highest BCUT2D eigenvalue weighted by Gasteiger charge is 2.64. The van der Waals surface area contributed by atoms with Gasteiger partial charge in [0.2, 0.25) is 0 Å². The maximum Gasteiger partial charge on any atom is 0.310 e. The van der Waals surface area contributed by atoms with Crippen molar-refractivity contribution in [1.29, 1.82) is 0 Å². The van der Waals surface area contributed by atoms with Crippen molar-refractivity contribution in [2.45, 2.75) is 38.7 Å². The highest BCUT2D eigenvalue weighted by Crippen LogP contribution is 2.57. The summed E-state index contributed by atoms with van der Waals surface area (Å²) in [5, 5.41) is 0. The minimum absolute atomic E-state index is 0.0821. The van der Waals surface area contributed by atoms with E-state index in [-0.39, 0.29) is 35.8 Å². The standard InChI is InChI=1S/C17H28NO4/c1-4-6-18(2,3)7-5-8-21-16(19)14-11-9-12-13(10-11)22-17(20)15(12)14/h11-15H,4-10H2,1-3H3/q+1/t11-,12+,13-,14-,15+/m1/s1. The van der Waals surface area contributed by atoms with Crippen molar-refractivity contribution in [3.8, 4) is 0 Å². The lowest BCUT2D eigenvalue weighted by Gasteiger charge is -2.29. The summed E-state index contributed by atoms with van der Waals surface area (Å²) in [4.78, 5) is 24.3. The average molecular weight is 310 g/mol. The molecule has 0 N–H and O–H groups in total. The van der Waals surface area contributed by atoms with Gasteiger partial charge in [0.15, 0.2) is 0 Å². The summed E-state index contributed by atoms with van der Waals surface area (Å²) in [6.45, 7) is 4.79. The lowest BCUT2D eigenvalue weighted by atomic mass is 9.80. The van der Waals surface area contributed by atoms with Gasteiger partial charge in [0, 0.05) is 12.3 Å². The van der Waals surface area contributed by atoms with Gasteiger partial charge in [0.05, 0.1) is 45.6 Å². The zero-order valence-electron chi connectivity index (χ0n) is 13.9. The van der Waals surface area contributed by atoms with Gasteiger partial charge in [-0.2, -0.15) is 0 Å². The lowest BCUT2D eigenvalue weighted by molar-refractivity contribution is -0.890. The molecule has 5 atom stereocenters. The van der Waals surface area contributed by atoms with Crippen molar-refractivity contribution in [3.63, 3.8) is 0 Å². The van der Waals surface area contributed by atoms with Crippen molar-refractivity contribution in [2.24, 2.45) is 23.7 Å². The number of esters is 2. The number of fused-ring (bicyclic) bond motifs is 1. The van der Waals surface area contributed by atoms with Crippen LogP contribution >= 0.6 is 0 Å². The summed E-state index contributed by atoms with van der Waals surface area (Å²) < 4.78 is 11.8. The van der Waals surface area contributed by atoms with E-state index in [1.807, 2.05) is 0 Å². The molecule has 0 spiro atoms. The van der Waals surface area contributed by atoms with Gasteiger partial charge in [-0.15, -0.1) is 0 Å². The fraction of sp³-hybridized carbons (Fsp3) is 0.882. The Hall–Kier alpha value is -1.10. The molecule has 0 unspecified atom stereocenters. The maximum absolute atomic E-state index is 12.4. The Morgan fingerprint density at radius 2 is 2.09 bits per heavy atom. The number of hydrogen-bond acceptors (Lipinski definition) is 4. The average Bonchev–Trinajstić information content (AvgIpc) is 3.04. The Morgan fingerprint density at radius 1 is 1.32 bits per heavy atom. The molecule has 0 amide bonds. The van der Waals surface area contributed by atoms with E-state index in [4.69, 9.17) is 9.47 Å². The van der Waals surface area contributed by atoms with E-state index < -0.39 is 0 Å². The molecule has 2 bridgehead atoms. The quantitative estimate of drug-likeness (QED) is 0.407. The van der Waals surface area contributed by atoms with Crippen LogP contribution < -0.4 is 0 Å². The molecular formula is C17H28NO4+. The molecule has 0 aromatic rings. The number of carbonyl (C=O) groups is 2. The van der Waals surface area contributed by atoms with Gasteiger partial charge in [-0.05, 0) is 25.2 Å². The number of hydrogen-bond donors (Lipinski definition) is 0. The second kappa shape index (κ2) is 5.84. The predicted octanol–water partition coefficient (Wildman–Crippen LogP) is 1.60. The molecule has 3 fully saturated rings. The third-order valence-electron chi connectivity index (χ3n) is 5.74. The molecule has 3 aliphatic rings. The first-order valence-corrected chi connectivity index (χ1v) is 8.62. The number of nitrogens with zero attached hydrogens (tertiary/aromatic N) is 1. The Bertz CT molecular complexity index is 460. The maximum atomic E-state index is 12.4. The molecule has 0 radical (unpaired) electrons. The zero-order chi connectivity index (χ0) is 15.9. The monoisotopic (exact) mass is 310 g/mol. The van der Waals surface area contributed by atoms with Crippen molar-refractivity contribution in [2.75, 3.05) is 33.8 Å². The van der Waals surface area contributed by atoms with Gasteiger partial charge in [-0.3, -0.25) is 9.59 Å². The Labute approximate surface area is 132 Å². The van der Waals surface area contributed by atoms with E-state index in [9.17, 15) is 9.59 Å². The Kier molecular flexibility index (Phi) is 4.19. The fourth-order valence-electron chi connectivity index (χ4n) is 4.80. The van der Waals surface area contributed by atoms with Gasteiger partial charge < -0.3 is 14.0 Å². The summed E-state index contributed by atoms with van der Waals surface area (Å²) in [5.74, 6) is -0.229. The molecule has 1 saturated heterocycles. The minimum Gasteiger partial charge on any atom is -0.465 e. The van der Waals surface area contributed by atoms with Crippen LogP contribution in [-0.2, 0) is 19.1 Å². The van der Waals surface area contributed by atoms with Gasteiger partial charge in [-0.1, -0.05) is 6.92 Å². The van der Waals surface area contributed by atoms with Crippen molar-refractivity contribution in [3.05, 3.63) is 0 Å². The van der Waals surface area contributed by atoms with Crippen LogP contribution in [0.3, 0.4) is 0 Å². The van der Waals surface area contributed by atoms with E-state index in [1.54, 1.807) is 0 Å². The molecule has 1 aliphatic heterocycles. The molecule has 2 saturated carbocycles. The number of ether oxygens (including phenoxy) is 2. The molecule has 0 aromatic heterocycles. The minimum atomic E-state index is -0.241. The second-order valence-electron chi connectivity index (χ2n) is 7.83. The SMILES string of the molecule is CCC[N+](C)(C)CCCOC(=O)[C@@H]1[C@@H]2C[C@@H]3[C@@H]1C(=O)O[C@@H]3C2. The van der Waals surface area contributed by atoms with E-state index in [0.717, 1.165) is 43.3 Å². The zero-order valence-corrected chi connectivity index (χ0v) is 13.9. The third kappa shape index (κ3) is 2.75. The summed E-state index contributed by atoms with van der Waals surface area (Å²) in [6.07, 6.45) is 3.92. The highest BCUT2D eigenvalue weighted by atomic mass is 16.6. The van der Waals surface area contributed by atoms with Crippen molar-refractivity contribution >= 4 is 11.9 Å². The summed E-state index contributed by atoms with van der Waals surface area (Å²) in [6, 6.07) is 0. The van der Waals surface area contributed by atoms with Crippen molar-refractivity contribution in [1.82, 2.24) is 0 Å². The topological polar surface area (TPSA) is 52.6 Å². The molecule has 1 heterocycles. The number of carbonyl (C=O) groups excluding carboxylic acids is 2. The first-order valence-electron chi connectivity index (χ1n) is 8.62. The van der Waals surface area contributed by atoms with E-state index in [2.05, 4.69) is 21.0 Å². The van der Waals surface area contributed by atoms with E-state index >= 15 is 0 Å². The largest absolute Gasteiger partial charge is 0.465 e. The van der Waals surface area contributed by atoms with E-state index in [0.29, 0.717) is 12.5 Å². The van der Waals surface area contributed by atoms with Crippen LogP contribution in [0.2, 0.25) is 0 Å². The van der Waals surface area contributed by atoms with Crippen LogP contribution in [0.1, 0.15) is 32.6 Å². The molecular weight excluding hydrogens is 282 g/mol. The fourth-order valence-corrected chi connectivity index (χ4v) is 4.80. The molecule has 2 aliphatic carbocycles. The Morgan fingerprint density at radius 3 is 2.82 bits per heavy atom. The van der Waals surface area contributed by atoms with Crippen LogP contribution in [-0.4, -0.2) is 56.3 Å². The molecule has 5 heteroatoms. The molecule has 124 valence electrons. The lowest BCUT2D eigenvalue weighted by Crippen LogP contribution is -2.41. The van der Waals surface area contributed by atoms with Crippen LogP contribution in [0.25, 0.3) is 0 Å². The van der Waals surface area contributed by atoms with Crippen LogP contribution in [0.5, 0.6) is 0 Å². The van der Waals surface area contributed by atoms with Gasteiger partial charge in [-0.25, -0.2) is 0 Å². The number of quaternary nitrogens is 1. The first kappa shape index (κ1) is 15.8. The smallest absolute Gasteiger partial charge is 0.310 e. The van der Waals surface area contributed by atoms with Gasteiger partial charge >= 0.3 is 11.9 Å². The van der Waals surface area contributed by atoms with E-state index in [1.165, 1.54) is 0 Å². The normalized spacial score (nSPS) is 35.8. The first-order chi connectivity index (χ1) is 10.4. The summed E-state index contributed by atoms with van der Waals surface area (Å²) in [7, 11) is 4.41. The number of rotatable bonds is 7. The molecule has 3 rings (SSSR count). The third-order valence-corrected chi connectivity index (χ3v) is 5.74. The van der Waals surface area contributed by atoms with Crippen LogP contribution in [0.4, 0.5) is 0 Å². The van der Waals surface area contributed by atoms with Crippen LogP contribution in [0, 0.1) is 23.7 Å². The van der Waals surface area contributed by atoms with Gasteiger partial charge in [0.1, 0.15) is 6.10 Å². The Balaban J connectivity index is 1.46. The highest BCUT2D eigenvalue weighted by molar-refractivity contribution is 5.85. The predicted molar refractivity (Wildman–Crippen MR) is 80.8 cm³/mol. The molecule has 0 aromatic carbocycles. The second-order valence-corrected chi connectivity index (χ2v) is 7.83. The summed E-state index contributed by atoms with van der Waals surface area (Å²) in [5.41, 5.74) is 0. The van der Waals surface area contributed by atoms with Gasteiger partial charge in [0.25, 0.3) is 0 Å². The molecule has 5 nitrogen and oxygen atoms in total.